The fourth-order valence-corrected chi connectivity index (χ4v) is 1.62. The van der Waals surface area contributed by atoms with Gasteiger partial charge in [0.25, 0.3) is 0 Å². The Morgan fingerprint density at radius 2 is 1.37 bits per heavy atom. The highest BCUT2D eigenvalue weighted by Gasteiger charge is 2.10. The fourth-order valence-electron chi connectivity index (χ4n) is 1.62. The van der Waals surface area contributed by atoms with E-state index >= 15 is 0 Å². The maximum Gasteiger partial charge on any atom is 0.244 e. The molecule has 0 saturated heterocycles. The largest absolute Gasteiger partial charge is 0.366 e. The minimum Gasteiger partial charge on any atom is -0.366 e. The molecule has 0 fully saturated rings. The van der Waals surface area contributed by atoms with Gasteiger partial charge in [-0.05, 0) is 19.4 Å². The number of nitrogens with two attached hydrogens (primary N) is 2. The first-order chi connectivity index (χ1) is 8.91. The van der Waals surface area contributed by atoms with Gasteiger partial charge in [-0.1, -0.05) is 42.5 Å². The molecule has 0 bridgehead atoms. The first-order valence-electron chi connectivity index (χ1n) is 5.93. The summed E-state index contributed by atoms with van der Waals surface area (Å²) in [4.78, 5) is 22.3. The van der Waals surface area contributed by atoms with E-state index in [9.17, 15) is 9.59 Å². The second-order valence-corrected chi connectivity index (χ2v) is 4.36. The lowest BCUT2D eigenvalue weighted by molar-refractivity contribution is -0.115. The lowest BCUT2D eigenvalue weighted by Crippen LogP contribution is -2.14. The van der Waals surface area contributed by atoms with Gasteiger partial charge in [0.05, 0.1) is 0 Å². The predicted molar refractivity (Wildman–Crippen MR) is 75.1 cm³/mol. The third-order valence-electron chi connectivity index (χ3n) is 2.82. The fraction of sp³-hybridized carbons (Fsp3) is 0.200. The highest BCUT2D eigenvalue weighted by atomic mass is 16.1. The lowest BCUT2D eigenvalue weighted by atomic mass is 9.94. The number of hydrogen-bond acceptors (Lipinski definition) is 2. The molecule has 0 aromatic heterocycles. The SMILES string of the molecule is CC(=CC(C=C(C)C(N)=O)c1ccccc1)C(N)=O. The Morgan fingerprint density at radius 1 is 0.947 bits per heavy atom. The summed E-state index contributed by atoms with van der Waals surface area (Å²) in [5.41, 5.74) is 12.3. The molecule has 0 heterocycles. The summed E-state index contributed by atoms with van der Waals surface area (Å²) in [6.45, 7) is 3.29. The molecule has 0 aliphatic carbocycles. The van der Waals surface area contributed by atoms with Crippen molar-refractivity contribution in [3.63, 3.8) is 0 Å². The molecule has 0 spiro atoms. The van der Waals surface area contributed by atoms with Crippen molar-refractivity contribution in [2.24, 2.45) is 11.5 Å². The molecule has 0 aliphatic rings. The Kier molecular flexibility index (Phi) is 5.06. The smallest absolute Gasteiger partial charge is 0.244 e. The third-order valence-corrected chi connectivity index (χ3v) is 2.82. The summed E-state index contributed by atoms with van der Waals surface area (Å²) in [6, 6.07) is 9.52. The van der Waals surface area contributed by atoms with Crippen LogP contribution in [0.15, 0.2) is 53.6 Å². The van der Waals surface area contributed by atoms with E-state index in [0.29, 0.717) is 11.1 Å². The van der Waals surface area contributed by atoms with Crippen molar-refractivity contribution in [3.8, 4) is 0 Å². The highest BCUT2D eigenvalue weighted by molar-refractivity contribution is 5.92. The van der Waals surface area contributed by atoms with E-state index in [2.05, 4.69) is 0 Å². The number of allylic oxidation sites excluding steroid dienone is 2. The van der Waals surface area contributed by atoms with Crippen LogP contribution in [0.25, 0.3) is 0 Å². The van der Waals surface area contributed by atoms with Crippen LogP contribution in [0.5, 0.6) is 0 Å². The number of benzene rings is 1. The average molecular weight is 258 g/mol. The predicted octanol–water partition coefficient (Wildman–Crippen LogP) is 1.63. The van der Waals surface area contributed by atoms with E-state index in [4.69, 9.17) is 11.5 Å². The lowest BCUT2D eigenvalue weighted by Gasteiger charge is -2.11. The van der Waals surface area contributed by atoms with Crippen molar-refractivity contribution in [1.29, 1.82) is 0 Å². The zero-order chi connectivity index (χ0) is 14.4. The summed E-state index contributed by atoms with van der Waals surface area (Å²) >= 11 is 0. The minimum atomic E-state index is -0.481. The molecular weight excluding hydrogens is 240 g/mol. The normalized spacial score (nSPS) is 14.0. The highest BCUT2D eigenvalue weighted by Crippen LogP contribution is 2.22. The molecule has 1 aromatic carbocycles. The third kappa shape index (κ3) is 4.43. The molecule has 1 rings (SSSR count). The van der Waals surface area contributed by atoms with E-state index in [0.717, 1.165) is 5.56 Å². The molecule has 0 aliphatic heterocycles. The summed E-state index contributed by atoms with van der Waals surface area (Å²) < 4.78 is 0. The molecule has 100 valence electrons. The Balaban J connectivity index is 3.20. The number of amides is 2. The molecule has 1 aromatic rings. The molecule has 2 amide bonds. The Bertz CT molecular complexity index is 500. The quantitative estimate of drug-likeness (QED) is 0.786. The van der Waals surface area contributed by atoms with Crippen LogP contribution in [-0.2, 0) is 9.59 Å². The van der Waals surface area contributed by atoms with Crippen molar-refractivity contribution in [1.82, 2.24) is 0 Å². The van der Waals surface area contributed by atoms with Crippen molar-refractivity contribution in [2.75, 3.05) is 0 Å². The zero-order valence-corrected chi connectivity index (χ0v) is 11.1. The molecule has 19 heavy (non-hydrogen) atoms. The van der Waals surface area contributed by atoms with Gasteiger partial charge in [-0.15, -0.1) is 0 Å². The molecule has 0 radical (unpaired) electrons. The van der Waals surface area contributed by atoms with Crippen LogP contribution in [0.2, 0.25) is 0 Å². The van der Waals surface area contributed by atoms with Crippen LogP contribution in [0, 0.1) is 0 Å². The Hall–Kier alpha value is -2.36. The van der Waals surface area contributed by atoms with Crippen LogP contribution in [0.3, 0.4) is 0 Å². The van der Waals surface area contributed by atoms with E-state index < -0.39 is 11.8 Å². The van der Waals surface area contributed by atoms with Crippen molar-refractivity contribution < 1.29 is 9.59 Å². The van der Waals surface area contributed by atoms with Crippen molar-refractivity contribution in [2.45, 2.75) is 19.8 Å². The van der Waals surface area contributed by atoms with Gasteiger partial charge in [-0.2, -0.15) is 0 Å². The Morgan fingerprint density at radius 3 is 1.74 bits per heavy atom. The number of primary amides is 2. The van der Waals surface area contributed by atoms with E-state index in [1.807, 2.05) is 30.3 Å². The Labute approximate surface area is 112 Å². The topological polar surface area (TPSA) is 86.2 Å². The van der Waals surface area contributed by atoms with E-state index in [-0.39, 0.29) is 5.92 Å². The number of hydrogen-bond donors (Lipinski definition) is 2. The van der Waals surface area contributed by atoms with E-state index in [1.54, 1.807) is 26.0 Å². The maximum atomic E-state index is 11.1. The van der Waals surface area contributed by atoms with Gasteiger partial charge in [-0.25, -0.2) is 0 Å². The van der Waals surface area contributed by atoms with Crippen LogP contribution in [-0.4, -0.2) is 11.8 Å². The van der Waals surface area contributed by atoms with E-state index in [1.165, 1.54) is 0 Å². The number of rotatable bonds is 5. The molecule has 4 heteroatoms. The van der Waals surface area contributed by atoms with Gasteiger partial charge < -0.3 is 11.5 Å². The zero-order valence-electron chi connectivity index (χ0n) is 11.1. The van der Waals surface area contributed by atoms with Crippen molar-refractivity contribution >= 4 is 11.8 Å². The molecule has 4 N–H and O–H groups in total. The standard InChI is InChI=1S/C15H18N2O2/c1-10(14(16)18)8-13(9-11(2)15(17)19)12-6-4-3-5-7-12/h3-9,13H,1-2H3,(H2,16,18)(H2,17,19). The maximum absolute atomic E-state index is 11.1. The summed E-state index contributed by atoms with van der Waals surface area (Å²) in [6.07, 6.45) is 3.45. The van der Waals surface area contributed by atoms with Gasteiger partial charge in [0.2, 0.25) is 11.8 Å². The first kappa shape index (κ1) is 14.7. The van der Waals surface area contributed by atoms with Crippen LogP contribution in [0.4, 0.5) is 0 Å². The minimum absolute atomic E-state index is 0.207. The molecule has 0 atom stereocenters. The number of carbonyl (C=O) groups is 2. The summed E-state index contributed by atoms with van der Waals surface area (Å²) in [5.74, 6) is -1.17. The van der Waals surface area contributed by atoms with Gasteiger partial charge in [0.15, 0.2) is 0 Å². The summed E-state index contributed by atoms with van der Waals surface area (Å²) in [5, 5.41) is 0. The second-order valence-electron chi connectivity index (χ2n) is 4.36. The summed E-state index contributed by atoms with van der Waals surface area (Å²) in [7, 11) is 0. The van der Waals surface area contributed by atoms with Gasteiger partial charge in [0.1, 0.15) is 0 Å². The van der Waals surface area contributed by atoms with Gasteiger partial charge >= 0.3 is 0 Å². The molecule has 4 nitrogen and oxygen atoms in total. The molecular formula is C15H18N2O2. The molecule has 0 saturated carbocycles. The first-order valence-corrected chi connectivity index (χ1v) is 5.93. The van der Waals surface area contributed by atoms with Gasteiger partial charge in [0, 0.05) is 17.1 Å². The monoisotopic (exact) mass is 258 g/mol. The van der Waals surface area contributed by atoms with Crippen LogP contribution in [0.1, 0.15) is 25.3 Å². The molecule has 0 unspecified atom stereocenters. The number of carbonyl (C=O) groups excluding carboxylic acids is 2. The van der Waals surface area contributed by atoms with Gasteiger partial charge in [-0.3, -0.25) is 9.59 Å². The van der Waals surface area contributed by atoms with Crippen LogP contribution < -0.4 is 11.5 Å². The van der Waals surface area contributed by atoms with Crippen LogP contribution >= 0.6 is 0 Å². The average Bonchev–Trinajstić information content (AvgIpc) is 2.38. The second kappa shape index (κ2) is 6.54. The van der Waals surface area contributed by atoms with Crippen molar-refractivity contribution in [3.05, 3.63) is 59.2 Å².